The third kappa shape index (κ3) is 4.05. The van der Waals surface area contributed by atoms with E-state index in [1.807, 2.05) is 26.0 Å². The van der Waals surface area contributed by atoms with Crippen LogP contribution in [0.5, 0.6) is 0 Å². The maximum atomic E-state index is 12.5. The molecule has 27 heavy (non-hydrogen) atoms. The molecule has 0 N–H and O–H groups in total. The van der Waals surface area contributed by atoms with Gasteiger partial charge >= 0.3 is 0 Å². The lowest BCUT2D eigenvalue weighted by Crippen LogP contribution is -2.47. The van der Waals surface area contributed by atoms with Crippen LogP contribution in [-0.2, 0) is 9.84 Å². The Kier molecular flexibility index (Phi) is 5.12. The van der Waals surface area contributed by atoms with Crippen LogP contribution < -0.4 is 9.80 Å². The molecule has 0 unspecified atom stereocenters. The van der Waals surface area contributed by atoms with E-state index in [1.54, 1.807) is 33.0 Å². The molecular weight excluding hydrogens is 362 g/mol. The van der Waals surface area contributed by atoms with Crippen molar-refractivity contribution in [2.75, 3.05) is 36.0 Å². The topological polar surface area (TPSA) is 79.3 Å². The molecule has 1 aliphatic heterocycles. The van der Waals surface area contributed by atoms with Gasteiger partial charge < -0.3 is 9.80 Å². The van der Waals surface area contributed by atoms with Crippen molar-refractivity contribution >= 4 is 21.3 Å². The van der Waals surface area contributed by atoms with Gasteiger partial charge in [0.25, 0.3) is 0 Å². The van der Waals surface area contributed by atoms with Crippen molar-refractivity contribution in [2.24, 2.45) is 0 Å². The number of rotatable bonds is 3. The van der Waals surface area contributed by atoms with Gasteiger partial charge in [-0.25, -0.2) is 23.4 Å². The molecule has 0 bridgehead atoms. The van der Waals surface area contributed by atoms with E-state index in [0.717, 1.165) is 49.2 Å². The van der Waals surface area contributed by atoms with E-state index in [0.29, 0.717) is 0 Å². The molecule has 3 heterocycles. The van der Waals surface area contributed by atoms with Crippen LogP contribution in [-0.4, -0.2) is 54.3 Å². The van der Waals surface area contributed by atoms with Gasteiger partial charge in [-0.3, -0.25) is 0 Å². The van der Waals surface area contributed by atoms with Gasteiger partial charge in [0.15, 0.2) is 14.9 Å². The van der Waals surface area contributed by atoms with Crippen LogP contribution in [0.3, 0.4) is 0 Å². The minimum absolute atomic E-state index is 0.129. The third-order valence-electron chi connectivity index (χ3n) is 4.72. The Hall–Kier alpha value is -2.22. The van der Waals surface area contributed by atoms with Crippen LogP contribution in [0.2, 0.25) is 0 Å². The largest absolute Gasteiger partial charge is 0.367 e. The first kappa shape index (κ1) is 19.5. The van der Waals surface area contributed by atoms with Crippen molar-refractivity contribution in [3.8, 4) is 0 Å². The van der Waals surface area contributed by atoms with Crippen LogP contribution >= 0.6 is 0 Å². The standard InChI is InChI=1S/C19H27N5O2S/c1-14-12-17(22-15(2)21-14)24-10-8-23(9-11-24)16-6-7-18(20-13-16)27(25,26)19(3,4)5/h6-7,12-13H,8-11H2,1-5H3. The van der Waals surface area contributed by atoms with Crippen LogP contribution in [0.25, 0.3) is 0 Å². The van der Waals surface area contributed by atoms with Gasteiger partial charge in [-0.05, 0) is 46.8 Å². The predicted octanol–water partition coefficient (Wildman–Crippen LogP) is 2.39. The lowest BCUT2D eigenvalue weighted by atomic mass is 10.2. The molecule has 0 atom stereocenters. The number of aromatic nitrogens is 3. The van der Waals surface area contributed by atoms with Crippen LogP contribution in [0.15, 0.2) is 29.4 Å². The average molecular weight is 390 g/mol. The highest BCUT2D eigenvalue weighted by atomic mass is 32.2. The molecule has 2 aromatic heterocycles. The fourth-order valence-corrected chi connectivity index (χ4v) is 4.15. The zero-order valence-electron chi connectivity index (χ0n) is 16.6. The van der Waals surface area contributed by atoms with Crippen LogP contribution in [0.1, 0.15) is 32.3 Å². The van der Waals surface area contributed by atoms with E-state index in [2.05, 4.69) is 24.8 Å². The first-order valence-electron chi connectivity index (χ1n) is 9.11. The van der Waals surface area contributed by atoms with E-state index < -0.39 is 14.6 Å². The summed E-state index contributed by atoms with van der Waals surface area (Å²) in [5.41, 5.74) is 1.91. The fourth-order valence-electron chi connectivity index (χ4n) is 3.09. The number of nitrogens with zero attached hydrogens (tertiary/aromatic N) is 5. The van der Waals surface area contributed by atoms with Gasteiger partial charge in [0.2, 0.25) is 0 Å². The van der Waals surface area contributed by atoms with Gasteiger partial charge in [0.05, 0.1) is 16.6 Å². The van der Waals surface area contributed by atoms with E-state index in [1.165, 1.54) is 0 Å². The number of pyridine rings is 1. The second kappa shape index (κ2) is 7.07. The Labute approximate surface area is 161 Å². The van der Waals surface area contributed by atoms with E-state index in [-0.39, 0.29) is 5.03 Å². The molecule has 2 aromatic rings. The molecular formula is C19H27N5O2S. The molecule has 1 fully saturated rings. The monoisotopic (exact) mass is 389 g/mol. The summed E-state index contributed by atoms with van der Waals surface area (Å²) in [4.78, 5) is 17.6. The van der Waals surface area contributed by atoms with Crippen LogP contribution in [0.4, 0.5) is 11.5 Å². The first-order chi connectivity index (χ1) is 12.6. The summed E-state index contributed by atoms with van der Waals surface area (Å²) < 4.78 is 24.1. The second-order valence-corrected chi connectivity index (χ2v) is 10.5. The van der Waals surface area contributed by atoms with Gasteiger partial charge in [0, 0.05) is 37.9 Å². The van der Waals surface area contributed by atoms with Gasteiger partial charge in [0.1, 0.15) is 11.6 Å². The predicted molar refractivity (Wildman–Crippen MR) is 107 cm³/mol. The molecule has 0 amide bonds. The van der Waals surface area contributed by atoms with Crippen molar-refractivity contribution in [2.45, 2.75) is 44.4 Å². The number of hydrogen-bond donors (Lipinski definition) is 0. The number of anilines is 2. The number of piperazine rings is 1. The Morgan fingerprint density at radius 2 is 1.59 bits per heavy atom. The van der Waals surface area contributed by atoms with Crippen molar-refractivity contribution < 1.29 is 8.42 Å². The molecule has 0 saturated carbocycles. The number of hydrogen-bond acceptors (Lipinski definition) is 7. The first-order valence-corrected chi connectivity index (χ1v) is 10.6. The normalized spacial score (nSPS) is 15.9. The third-order valence-corrected chi connectivity index (χ3v) is 7.13. The van der Waals surface area contributed by atoms with Crippen molar-refractivity contribution in [3.63, 3.8) is 0 Å². The minimum atomic E-state index is -3.43. The molecule has 0 aliphatic carbocycles. The van der Waals surface area contributed by atoms with E-state index in [9.17, 15) is 8.42 Å². The highest BCUT2D eigenvalue weighted by Crippen LogP contribution is 2.25. The van der Waals surface area contributed by atoms with E-state index in [4.69, 9.17) is 0 Å². The Balaban J connectivity index is 1.70. The molecule has 1 saturated heterocycles. The molecule has 146 valence electrons. The SMILES string of the molecule is Cc1cc(N2CCN(c3ccc(S(=O)(=O)C(C)(C)C)nc3)CC2)nc(C)n1. The molecule has 7 nitrogen and oxygen atoms in total. The van der Waals surface area contributed by atoms with E-state index >= 15 is 0 Å². The quantitative estimate of drug-likeness (QED) is 0.797. The van der Waals surface area contributed by atoms with Crippen LogP contribution in [0, 0.1) is 13.8 Å². The number of aryl methyl sites for hydroxylation is 2. The highest BCUT2D eigenvalue weighted by Gasteiger charge is 2.32. The molecule has 1 aliphatic rings. The maximum Gasteiger partial charge on any atom is 0.200 e. The zero-order chi connectivity index (χ0) is 19.8. The molecule has 0 radical (unpaired) electrons. The van der Waals surface area contributed by atoms with Crippen molar-refractivity contribution in [1.29, 1.82) is 0 Å². The Morgan fingerprint density at radius 3 is 2.11 bits per heavy atom. The van der Waals surface area contributed by atoms with Gasteiger partial charge in [-0.15, -0.1) is 0 Å². The summed E-state index contributed by atoms with van der Waals surface area (Å²) in [6.07, 6.45) is 1.66. The summed E-state index contributed by atoms with van der Waals surface area (Å²) in [6.45, 7) is 12.3. The smallest absolute Gasteiger partial charge is 0.200 e. The molecule has 0 spiro atoms. The van der Waals surface area contributed by atoms with Crippen molar-refractivity contribution in [3.05, 3.63) is 35.9 Å². The Bertz CT molecular complexity index is 892. The molecule has 8 heteroatoms. The second-order valence-electron chi connectivity index (χ2n) is 7.86. The summed E-state index contributed by atoms with van der Waals surface area (Å²) in [6, 6.07) is 5.47. The number of sulfone groups is 1. The maximum absolute atomic E-state index is 12.5. The Morgan fingerprint density at radius 1 is 0.963 bits per heavy atom. The lowest BCUT2D eigenvalue weighted by Gasteiger charge is -2.36. The highest BCUT2D eigenvalue weighted by molar-refractivity contribution is 7.92. The average Bonchev–Trinajstić information content (AvgIpc) is 2.60. The van der Waals surface area contributed by atoms with Gasteiger partial charge in [-0.2, -0.15) is 0 Å². The molecule has 3 rings (SSSR count). The minimum Gasteiger partial charge on any atom is -0.367 e. The summed E-state index contributed by atoms with van der Waals surface area (Å²) in [5.74, 6) is 1.75. The van der Waals surface area contributed by atoms with Crippen molar-refractivity contribution in [1.82, 2.24) is 15.0 Å². The summed E-state index contributed by atoms with van der Waals surface area (Å²) >= 11 is 0. The summed E-state index contributed by atoms with van der Waals surface area (Å²) in [5, 5.41) is 0.129. The summed E-state index contributed by atoms with van der Waals surface area (Å²) in [7, 11) is -3.43. The van der Waals surface area contributed by atoms with Gasteiger partial charge in [-0.1, -0.05) is 0 Å². The fraction of sp³-hybridized carbons (Fsp3) is 0.526. The molecule has 0 aromatic carbocycles. The zero-order valence-corrected chi connectivity index (χ0v) is 17.4. The lowest BCUT2D eigenvalue weighted by molar-refractivity contribution is 0.556.